The van der Waals surface area contributed by atoms with Gasteiger partial charge in [0, 0.05) is 22.5 Å². The van der Waals surface area contributed by atoms with Crippen LogP contribution >= 0.6 is 27.5 Å². The van der Waals surface area contributed by atoms with Crippen molar-refractivity contribution in [1.82, 2.24) is 4.98 Å². The Morgan fingerprint density at radius 3 is 2.59 bits per heavy atom. The number of aromatic nitrogens is 1. The van der Waals surface area contributed by atoms with Crippen molar-refractivity contribution >= 4 is 39.1 Å². The number of halogens is 2. The lowest BCUT2D eigenvalue weighted by Crippen LogP contribution is -2.11. The summed E-state index contributed by atoms with van der Waals surface area (Å²) in [5.41, 5.74) is 1.24. The summed E-state index contributed by atoms with van der Waals surface area (Å²) in [4.78, 5) is 15.8. The molecule has 0 saturated heterocycles. The van der Waals surface area contributed by atoms with Crippen molar-refractivity contribution < 1.29 is 4.79 Å². The molecule has 1 aromatic heterocycles. The summed E-state index contributed by atoms with van der Waals surface area (Å²) in [6.07, 6.45) is 1.57. The van der Waals surface area contributed by atoms with Gasteiger partial charge in [0.25, 0.3) is 5.91 Å². The van der Waals surface area contributed by atoms with Crippen molar-refractivity contribution in [3.63, 3.8) is 0 Å². The monoisotopic (exact) mass is 310 g/mol. The summed E-state index contributed by atoms with van der Waals surface area (Å²) in [6, 6.07) is 10.2. The topological polar surface area (TPSA) is 42.0 Å². The van der Waals surface area contributed by atoms with Gasteiger partial charge in [-0.3, -0.25) is 4.79 Å². The molecule has 2 aromatic rings. The third kappa shape index (κ3) is 3.28. The zero-order valence-corrected chi connectivity index (χ0v) is 11.0. The van der Waals surface area contributed by atoms with Gasteiger partial charge in [-0.05, 0) is 52.3 Å². The molecule has 1 heterocycles. The first-order valence-corrected chi connectivity index (χ1v) is 6.01. The van der Waals surface area contributed by atoms with E-state index in [0.29, 0.717) is 20.9 Å². The minimum atomic E-state index is -0.185. The van der Waals surface area contributed by atoms with E-state index in [0.717, 1.165) is 0 Å². The SMILES string of the molecule is O=C(Nc1ccc(Cl)cc1)c1ccnc(Br)c1. The number of carbonyl (C=O) groups is 1. The van der Waals surface area contributed by atoms with E-state index in [4.69, 9.17) is 11.6 Å². The van der Waals surface area contributed by atoms with Crippen LogP contribution in [0.25, 0.3) is 0 Å². The van der Waals surface area contributed by atoms with Crippen LogP contribution in [0, 0.1) is 0 Å². The number of pyridine rings is 1. The number of nitrogens with one attached hydrogen (secondary N) is 1. The van der Waals surface area contributed by atoms with Gasteiger partial charge in [0.05, 0.1) is 0 Å². The molecule has 1 N–H and O–H groups in total. The second-order valence-electron chi connectivity index (χ2n) is 3.33. The second kappa shape index (κ2) is 5.29. The van der Waals surface area contributed by atoms with Gasteiger partial charge in [0.2, 0.25) is 0 Å². The van der Waals surface area contributed by atoms with Crippen molar-refractivity contribution in [2.75, 3.05) is 5.32 Å². The van der Waals surface area contributed by atoms with Crippen molar-refractivity contribution in [3.05, 3.63) is 57.8 Å². The van der Waals surface area contributed by atoms with Gasteiger partial charge < -0.3 is 5.32 Å². The molecular formula is C12H8BrClN2O. The van der Waals surface area contributed by atoms with Crippen LogP contribution in [0.15, 0.2) is 47.2 Å². The average Bonchev–Trinajstić information content (AvgIpc) is 2.32. The predicted molar refractivity (Wildman–Crippen MR) is 71.3 cm³/mol. The normalized spacial score (nSPS) is 10.0. The van der Waals surface area contributed by atoms with Crippen LogP contribution in [0.5, 0.6) is 0 Å². The molecule has 0 spiro atoms. The Morgan fingerprint density at radius 1 is 1.24 bits per heavy atom. The molecule has 0 aliphatic heterocycles. The molecule has 1 amide bonds. The Labute approximate surface area is 112 Å². The molecule has 5 heteroatoms. The van der Waals surface area contributed by atoms with Gasteiger partial charge in [-0.15, -0.1) is 0 Å². The number of hydrogen-bond acceptors (Lipinski definition) is 2. The van der Waals surface area contributed by atoms with E-state index in [9.17, 15) is 4.79 Å². The molecule has 0 unspecified atom stereocenters. The standard InChI is InChI=1S/C12H8BrClN2O/c13-11-7-8(5-6-15-11)12(17)16-10-3-1-9(14)2-4-10/h1-7H,(H,16,17). The summed E-state index contributed by atoms with van der Waals surface area (Å²) in [6.45, 7) is 0. The molecule has 0 bridgehead atoms. The molecule has 0 aliphatic carbocycles. The fourth-order valence-electron chi connectivity index (χ4n) is 1.28. The van der Waals surface area contributed by atoms with Gasteiger partial charge in [-0.25, -0.2) is 4.98 Å². The van der Waals surface area contributed by atoms with Crippen molar-refractivity contribution in [2.45, 2.75) is 0 Å². The summed E-state index contributed by atoms with van der Waals surface area (Å²) < 4.78 is 0.626. The molecule has 3 nitrogen and oxygen atoms in total. The van der Waals surface area contributed by atoms with Gasteiger partial charge in [0.1, 0.15) is 4.60 Å². The Morgan fingerprint density at radius 2 is 1.94 bits per heavy atom. The summed E-state index contributed by atoms with van der Waals surface area (Å²) in [7, 11) is 0. The van der Waals surface area contributed by atoms with Crippen molar-refractivity contribution in [1.29, 1.82) is 0 Å². The molecule has 1 aromatic carbocycles. The Balaban J connectivity index is 2.14. The van der Waals surface area contributed by atoms with Crippen LogP contribution in [-0.4, -0.2) is 10.9 Å². The molecule has 0 atom stereocenters. The van der Waals surface area contributed by atoms with Crippen molar-refractivity contribution in [2.24, 2.45) is 0 Å². The van der Waals surface area contributed by atoms with E-state index in [2.05, 4.69) is 26.2 Å². The first kappa shape index (κ1) is 12.1. The zero-order chi connectivity index (χ0) is 12.3. The van der Waals surface area contributed by atoms with Gasteiger partial charge in [-0.1, -0.05) is 11.6 Å². The second-order valence-corrected chi connectivity index (χ2v) is 4.58. The minimum absolute atomic E-state index is 0.185. The predicted octanol–water partition coefficient (Wildman–Crippen LogP) is 3.75. The highest BCUT2D eigenvalue weighted by atomic mass is 79.9. The van der Waals surface area contributed by atoms with Crippen LogP contribution in [0.3, 0.4) is 0 Å². The minimum Gasteiger partial charge on any atom is -0.322 e. The maximum atomic E-state index is 11.9. The van der Waals surface area contributed by atoms with Crippen LogP contribution in [-0.2, 0) is 0 Å². The molecule has 2 rings (SSSR count). The van der Waals surface area contributed by atoms with Gasteiger partial charge in [-0.2, -0.15) is 0 Å². The van der Waals surface area contributed by atoms with E-state index in [-0.39, 0.29) is 5.91 Å². The summed E-state index contributed by atoms with van der Waals surface area (Å²) in [5.74, 6) is -0.185. The third-order valence-electron chi connectivity index (χ3n) is 2.09. The van der Waals surface area contributed by atoms with E-state index in [1.165, 1.54) is 0 Å². The molecule has 17 heavy (non-hydrogen) atoms. The van der Waals surface area contributed by atoms with Crippen LogP contribution < -0.4 is 5.32 Å². The molecule has 0 aliphatic rings. The smallest absolute Gasteiger partial charge is 0.255 e. The quantitative estimate of drug-likeness (QED) is 0.858. The van der Waals surface area contributed by atoms with Crippen LogP contribution in [0.1, 0.15) is 10.4 Å². The highest BCUT2D eigenvalue weighted by molar-refractivity contribution is 9.10. The van der Waals surface area contributed by atoms with Gasteiger partial charge in [0.15, 0.2) is 0 Å². The van der Waals surface area contributed by atoms with E-state index in [1.807, 2.05) is 0 Å². The average molecular weight is 312 g/mol. The Hall–Kier alpha value is -1.39. The van der Waals surface area contributed by atoms with Crippen LogP contribution in [0.4, 0.5) is 5.69 Å². The highest BCUT2D eigenvalue weighted by Gasteiger charge is 2.06. The molecule has 0 saturated carbocycles. The largest absolute Gasteiger partial charge is 0.322 e. The number of benzene rings is 1. The number of nitrogens with zero attached hydrogens (tertiary/aromatic N) is 1. The number of rotatable bonds is 2. The maximum Gasteiger partial charge on any atom is 0.255 e. The lowest BCUT2D eigenvalue weighted by atomic mass is 10.2. The van der Waals surface area contributed by atoms with Crippen LogP contribution in [0.2, 0.25) is 5.02 Å². The number of carbonyl (C=O) groups excluding carboxylic acids is 1. The molecule has 0 radical (unpaired) electrons. The van der Waals surface area contributed by atoms with E-state index >= 15 is 0 Å². The lowest BCUT2D eigenvalue weighted by molar-refractivity contribution is 0.102. The molecule has 86 valence electrons. The maximum absolute atomic E-state index is 11.9. The number of anilines is 1. The molecular weight excluding hydrogens is 304 g/mol. The van der Waals surface area contributed by atoms with Gasteiger partial charge >= 0.3 is 0 Å². The third-order valence-corrected chi connectivity index (χ3v) is 2.78. The zero-order valence-electron chi connectivity index (χ0n) is 8.65. The molecule has 0 fully saturated rings. The Kier molecular flexibility index (Phi) is 3.76. The number of hydrogen-bond donors (Lipinski definition) is 1. The summed E-state index contributed by atoms with van der Waals surface area (Å²) in [5, 5.41) is 3.40. The fourth-order valence-corrected chi connectivity index (χ4v) is 1.77. The highest BCUT2D eigenvalue weighted by Crippen LogP contribution is 2.15. The number of amides is 1. The Bertz CT molecular complexity index is 542. The van der Waals surface area contributed by atoms with E-state index < -0.39 is 0 Å². The summed E-state index contributed by atoms with van der Waals surface area (Å²) >= 11 is 8.98. The first-order valence-electron chi connectivity index (χ1n) is 4.83. The van der Waals surface area contributed by atoms with E-state index in [1.54, 1.807) is 42.6 Å². The first-order chi connectivity index (χ1) is 8.15. The fraction of sp³-hybridized carbons (Fsp3) is 0. The lowest BCUT2D eigenvalue weighted by Gasteiger charge is -2.05. The van der Waals surface area contributed by atoms with Crippen molar-refractivity contribution in [3.8, 4) is 0 Å².